The van der Waals surface area contributed by atoms with E-state index < -0.39 is 12.1 Å². The van der Waals surface area contributed by atoms with Crippen LogP contribution in [0.25, 0.3) is 0 Å². The van der Waals surface area contributed by atoms with Gasteiger partial charge in [-0.1, -0.05) is 0 Å². The fraction of sp³-hybridized carbons (Fsp3) is 0.250. The van der Waals surface area contributed by atoms with Gasteiger partial charge in [0.1, 0.15) is 0 Å². The van der Waals surface area contributed by atoms with E-state index in [1.165, 1.54) is 6.92 Å². The Balaban J connectivity index is 3.21. The maximum atomic E-state index is 11.9. The van der Waals surface area contributed by atoms with Gasteiger partial charge in [0.05, 0.1) is 17.1 Å². The monoisotopic (exact) mass is 221 g/mol. The molecule has 0 heterocycles. The molecule has 0 aliphatic heterocycles. The lowest BCUT2D eigenvalue weighted by atomic mass is 10.1. The molecule has 0 aromatic heterocycles. The van der Waals surface area contributed by atoms with Crippen molar-refractivity contribution < 1.29 is 17.9 Å². The van der Waals surface area contributed by atoms with Gasteiger partial charge >= 0.3 is 6.36 Å². The van der Waals surface area contributed by atoms with Crippen LogP contribution in [0.4, 0.5) is 30.2 Å². The third-order valence-corrected chi connectivity index (χ3v) is 1.90. The largest absolute Gasteiger partial charge is 0.573 e. The van der Waals surface area contributed by atoms with E-state index >= 15 is 0 Å². The molecule has 0 saturated heterocycles. The van der Waals surface area contributed by atoms with Crippen LogP contribution in [0.2, 0.25) is 0 Å². The summed E-state index contributed by atoms with van der Waals surface area (Å²) in [4.78, 5) is 0. The number of benzene rings is 1. The molecule has 1 aromatic rings. The summed E-state index contributed by atoms with van der Waals surface area (Å²) in [5, 5.41) is 0. The smallest absolute Gasteiger partial charge is 0.403 e. The number of hydrogen-bond acceptors (Lipinski definition) is 4. The molecule has 7 heteroatoms. The first kappa shape index (κ1) is 11.3. The molecular formula is C8H10F3N3O. The van der Waals surface area contributed by atoms with Crippen LogP contribution >= 0.6 is 0 Å². The number of rotatable bonds is 1. The number of ether oxygens (including phenoxy) is 1. The summed E-state index contributed by atoms with van der Waals surface area (Å²) in [5.41, 5.74) is 16.5. The van der Waals surface area contributed by atoms with E-state index in [1.54, 1.807) is 0 Å². The second-order valence-electron chi connectivity index (χ2n) is 2.96. The van der Waals surface area contributed by atoms with Crippen LogP contribution in [0.15, 0.2) is 6.07 Å². The molecule has 1 aromatic carbocycles. The molecule has 84 valence electrons. The van der Waals surface area contributed by atoms with Crippen molar-refractivity contribution in [2.24, 2.45) is 0 Å². The van der Waals surface area contributed by atoms with E-state index in [4.69, 9.17) is 17.2 Å². The second-order valence-corrected chi connectivity index (χ2v) is 2.96. The van der Waals surface area contributed by atoms with Crippen LogP contribution in [-0.4, -0.2) is 6.36 Å². The van der Waals surface area contributed by atoms with E-state index in [0.29, 0.717) is 0 Å². The lowest BCUT2D eigenvalue weighted by molar-refractivity contribution is -0.274. The molecule has 1 rings (SSSR count). The minimum atomic E-state index is -4.80. The zero-order valence-corrected chi connectivity index (χ0v) is 7.85. The molecule has 0 bridgehead atoms. The van der Waals surface area contributed by atoms with Crippen molar-refractivity contribution >= 4 is 17.1 Å². The second kappa shape index (κ2) is 3.41. The minimum Gasteiger partial charge on any atom is -0.403 e. The SMILES string of the molecule is Cc1c(N)c(N)cc(OC(F)(F)F)c1N. The first-order chi connectivity index (χ1) is 6.72. The zero-order chi connectivity index (χ0) is 11.8. The van der Waals surface area contributed by atoms with Crippen molar-refractivity contribution in [2.75, 3.05) is 17.2 Å². The Kier molecular flexibility index (Phi) is 2.57. The van der Waals surface area contributed by atoms with Crippen molar-refractivity contribution in [2.45, 2.75) is 13.3 Å². The number of nitrogens with two attached hydrogens (primary N) is 3. The molecule has 0 radical (unpaired) electrons. The fourth-order valence-electron chi connectivity index (χ4n) is 1.05. The maximum absolute atomic E-state index is 11.9. The molecule has 0 fully saturated rings. The van der Waals surface area contributed by atoms with Crippen molar-refractivity contribution in [3.63, 3.8) is 0 Å². The minimum absolute atomic E-state index is 0.000880. The number of alkyl halides is 3. The highest BCUT2D eigenvalue weighted by molar-refractivity contribution is 5.78. The Morgan fingerprint density at radius 2 is 1.67 bits per heavy atom. The molecule has 15 heavy (non-hydrogen) atoms. The van der Waals surface area contributed by atoms with E-state index in [-0.39, 0.29) is 22.6 Å². The van der Waals surface area contributed by atoms with Gasteiger partial charge in [0.25, 0.3) is 0 Å². The zero-order valence-electron chi connectivity index (χ0n) is 7.85. The molecule has 0 saturated carbocycles. The highest BCUT2D eigenvalue weighted by Crippen LogP contribution is 2.36. The summed E-state index contributed by atoms with van der Waals surface area (Å²) < 4.78 is 39.5. The Hall–Kier alpha value is -1.79. The summed E-state index contributed by atoms with van der Waals surface area (Å²) in [7, 11) is 0. The number of nitrogen functional groups attached to an aromatic ring is 3. The van der Waals surface area contributed by atoms with E-state index in [2.05, 4.69) is 4.74 Å². The Morgan fingerprint density at radius 1 is 1.13 bits per heavy atom. The molecule has 4 nitrogen and oxygen atoms in total. The van der Waals surface area contributed by atoms with Gasteiger partial charge in [-0.2, -0.15) is 0 Å². The number of hydrogen-bond donors (Lipinski definition) is 3. The van der Waals surface area contributed by atoms with Gasteiger partial charge in [-0.3, -0.25) is 0 Å². The number of halogens is 3. The Bertz CT molecular complexity index is 390. The average molecular weight is 221 g/mol. The molecule has 0 spiro atoms. The summed E-state index contributed by atoms with van der Waals surface area (Å²) >= 11 is 0. The van der Waals surface area contributed by atoms with Crippen LogP contribution in [0, 0.1) is 6.92 Å². The van der Waals surface area contributed by atoms with Crippen molar-refractivity contribution in [1.82, 2.24) is 0 Å². The third kappa shape index (κ3) is 2.36. The normalized spacial score (nSPS) is 11.5. The number of anilines is 3. The van der Waals surface area contributed by atoms with E-state index in [1.807, 2.05) is 0 Å². The standard InChI is InChI=1S/C8H10F3N3O/c1-3-6(13)4(12)2-5(7(3)14)15-8(9,10)11/h2H,12-14H2,1H3. The van der Waals surface area contributed by atoms with Gasteiger partial charge in [0.15, 0.2) is 5.75 Å². The summed E-state index contributed by atoms with van der Waals surface area (Å²) in [5.74, 6) is -0.535. The predicted molar refractivity (Wildman–Crippen MR) is 51.1 cm³/mol. The van der Waals surface area contributed by atoms with Crippen molar-refractivity contribution in [3.8, 4) is 5.75 Å². The molecule has 0 atom stereocenters. The molecule has 0 amide bonds. The molecular weight excluding hydrogens is 211 g/mol. The van der Waals surface area contributed by atoms with Crippen LogP contribution in [0.3, 0.4) is 0 Å². The van der Waals surface area contributed by atoms with Crippen LogP contribution in [-0.2, 0) is 0 Å². The first-order valence-electron chi connectivity index (χ1n) is 3.92. The molecule has 0 unspecified atom stereocenters. The van der Waals surface area contributed by atoms with Crippen LogP contribution < -0.4 is 21.9 Å². The van der Waals surface area contributed by atoms with Crippen molar-refractivity contribution in [3.05, 3.63) is 11.6 Å². The summed E-state index contributed by atoms with van der Waals surface area (Å²) in [6.07, 6.45) is -4.80. The third-order valence-electron chi connectivity index (χ3n) is 1.90. The van der Waals surface area contributed by atoms with Gasteiger partial charge in [0.2, 0.25) is 0 Å². The molecule has 6 N–H and O–H groups in total. The Morgan fingerprint density at radius 3 is 2.13 bits per heavy atom. The summed E-state index contributed by atoms with van der Waals surface area (Å²) in [6.45, 7) is 1.46. The quantitative estimate of drug-likeness (QED) is 0.629. The highest BCUT2D eigenvalue weighted by atomic mass is 19.4. The van der Waals surface area contributed by atoms with Gasteiger partial charge < -0.3 is 21.9 Å². The van der Waals surface area contributed by atoms with Gasteiger partial charge in [-0.05, 0) is 6.92 Å². The van der Waals surface area contributed by atoms with Crippen LogP contribution in [0.5, 0.6) is 5.75 Å². The molecule has 0 aliphatic carbocycles. The fourth-order valence-corrected chi connectivity index (χ4v) is 1.05. The highest BCUT2D eigenvalue weighted by Gasteiger charge is 2.32. The summed E-state index contributed by atoms with van der Waals surface area (Å²) in [6, 6.07) is 0.950. The van der Waals surface area contributed by atoms with Gasteiger partial charge in [0, 0.05) is 11.6 Å². The van der Waals surface area contributed by atoms with E-state index in [9.17, 15) is 13.2 Å². The van der Waals surface area contributed by atoms with Gasteiger partial charge in [-0.15, -0.1) is 13.2 Å². The predicted octanol–water partition coefficient (Wildman–Crippen LogP) is 1.64. The van der Waals surface area contributed by atoms with E-state index in [0.717, 1.165) is 6.07 Å². The Labute approximate surface area is 83.8 Å². The van der Waals surface area contributed by atoms with Gasteiger partial charge in [-0.25, -0.2) is 0 Å². The average Bonchev–Trinajstić information content (AvgIpc) is 2.08. The molecule has 0 aliphatic rings. The maximum Gasteiger partial charge on any atom is 0.573 e. The first-order valence-corrected chi connectivity index (χ1v) is 3.92. The lowest BCUT2D eigenvalue weighted by Crippen LogP contribution is -2.18. The van der Waals surface area contributed by atoms with Crippen molar-refractivity contribution in [1.29, 1.82) is 0 Å². The lowest BCUT2D eigenvalue weighted by Gasteiger charge is -2.15. The topological polar surface area (TPSA) is 87.3 Å². The van der Waals surface area contributed by atoms with Crippen LogP contribution in [0.1, 0.15) is 5.56 Å².